The first-order chi connectivity index (χ1) is 10.1. The average molecular weight is 323 g/mol. The minimum Gasteiger partial charge on any atom is -0.350 e. The van der Waals surface area contributed by atoms with Crippen molar-refractivity contribution in [2.24, 2.45) is 0 Å². The number of amides is 1. The van der Waals surface area contributed by atoms with Crippen LogP contribution in [-0.2, 0) is 0 Å². The zero-order valence-electron chi connectivity index (χ0n) is 11.6. The highest BCUT2D eigenvalue weighted by molar-refractivity contribution is 6.34. The van der Waals surface area contributed by atoms with Gasteiger partial charge >= 0.3 is 0 Å². The third-order valence-corrected chi connectivity index (χ3v) is 3.82. The van der Waals surface area contributed by atoms with Crippen LogP contribution >= 0.6 is 23.2 Å². The van der Waals surface area contributed by atoms with E-state index in [2.05, 4.69) is 29.4 Å². The molecule has 1 N–H and O–H groups in total. The third-order valence-electron chi connectivity index (χ3n) is 3.30. The maximum atomic E-state index is 12.2. The Labute approximate surface area is 134 Å². The summed E-state index contributed by atoms with van der Waals surface area (Å²) in [6, 6.07) is 13.2. The number of aromatic nitrogens is 1. The molecule has 3 nitrogen and oxygen atoms in total. The molecule has 0 saturated carbocycles. The van der Waals surface area contributed by atoms with Crippen LogP contribution in [0.3, 0.4) is 0 Å². The minimum absolute atomic E-state index is 0.159. The minimum atomic E-state index is -0.308. The van der Waals surface area contributed by atoms with Crippen LogP contribution in [-0.4, -0.2) is 17.4 Å². The molecule has 0 spiro atoms. The monoisotopic (exact) mass is 322 g/mol. The van der Waals surface area contributed by atoms with Crippen LogP contribution < -0.4 is 5.32 Å². The van der Waals surface area contributed by atoms with E-state index >= 15 is 0 Å². The number of hydrogen-bond acceptors (Lipinski definition) is 2. The van der Waals surface area contributed by atoms with E-state index in [-0.39, 0.29) is 22.7 Å². The second kappa shape index (κ2) is 7.43. The molecule has 0 bridgehead atoms. The fourth-order valence-electron chi connectivity index (χ4n) is 2.10. The topological polar surface area (TPSA) is 42.0 Å². The lowest BCUT2D eigenvalue weighted by molar-refractivity contribution is 0.0946. The zero-order valence-corrected chi connectivity index (χ0v) is 13.2. The van der Waals surface area contributed by atoms with Crippen LogP contribution in [0.2, 0.25) is 10.2 Å². The predicted molar refractivity (Wildman–Crippen MR) is 86.1 cm³/mol. The maximum absolute atomic E-state index is 12.2. The van der Waals surface area contributed by atoms with Gasteiger partial charge in [0, 0.05) is 12.5 Å². The Bertz CT molecular complexity index is 617. The Morgan fingerprint density at radius 2 is 1.90 bits per heavy atom. The van der Waals surface area contributed by atoms with Gasteiger partial charge in [0.15, 0.2) is 0 Å². The number of carbonyl (C=O) groups excluding carboxylic acids is 1. The molecule has 21 heavy (non-hydrogen) atoms. The van der Waals surface area contributed by atoms with Gasteiger partial charge in [-0.15, -0.1) is 0 Å². The number of rotatable bonds is 5. The highest BCUT2D eigenvalue weighted by Gasteiger charge is 2.15. The number of nitrogens with one attached hydrogen (secondary N) is 1. The van der Waals surface area contributed by atoms with Gasteiger partial charge in [-0.1, -0.05) is 60.5 Å². The summed E-state index contributed by atoms with van der Waals surface area (Å²) in [6.45, 7) is 2.62. The summed E-state index contributed by atoms with van der Waals surface area (Å²) in [6.07, 6.45) is 0.932. The Morgan fingerprint density at radius 1 is 1.19 bits per heavy atom. The van der Waals surface area contributed by atoms with Crippen molar-refractivity contribution in [1.29, 1.82) is 0 Å². The molecule has 0 aliphatic carbocycles. The van der Waals surface area contributed by atoms with Gasteiger partial charge in [0.2, 0.25) is 0 Å². The molecule has 1 amide bonds. The number of pyridine rings is 1. The zero-order chi connectivity index (χ0) is 15.2. The highest BCUT2D eigenvalue weighted by atomic mass is 35.5. The van der Waals surface area contributed by atoms with Gasteiger partial charge < -0.3 is 5.32 Å². The maximum Gasteiger partial charge on any atom is 0.271 e. The summed E-state index contributed by atoms with van der Waals surface area (Å²) in [7, 11) is 0. The van der Waals surface area contributed by atoms with Crippen molar-refractivity contribution in [1.82, 2.24) is 10.3 Å². The van der Waals surface area contributed by atoms with Gasteiger partial charge in [0.25, 0.3) is 5.91 Å². The van der Waals surface area contributed by atoms with E-state index in [4.69, 9.17) is 23.2 Å². The van der Waals surface area contributed by atoms with Crippen LogP contribution in [0.4, 0.5) is 0 Å². The number of nitrogens with zero attached hydrogens (tertiary/aromatic N) is 1. The highest BCUT2D eigenvalue weighted by Crippen LogP contribution is 2.19. The normalized spacial score (nSPS) is 12.0. The molecular weight excluding hydrogens is 307 g/mol. The van der Waals surface area contributed by atoms with Crippen molar-refractivity contribution >= 4 is 29.1 Å². The van der Waals surface area contributed by atoms with E-state index in [0.29, 0.717) is 11.6 Å². The molecule has 0 aliphatic rings. The van der Waals surface area contributed by atoms with Gasteiger partial charge in [0.05, 0.1) is 5.02 Å². The van der Waals surface area contributed by atoms with Crippen molar-refractivity contribution in [3.63, 3.8) is 0 Å². The Morgan fingerprint density at radius 3 is 2.57 bits per heavy atom. The van der Waals surface area contributed by atoms with E-state index in [1.54, 1.807) is 12.1 Å². The quantitative estimate of drug-likeness (QED) is 0.833. The van der Waals surface area contributed by atoms with E-state index in [1.165, 1.54) is 5.56 Å². The smallest absolute Gasteiger partial charge is 0.271 e. The molecule has 0 radical (unpaired) electrons. The average Bonchev–Trinajstić information content (AvgIpc) is 2.51. The van der Waals surface area contributed by atoms with Crippen molar-refractivity contribution in [2.45, 2.75) is 19.3 Å². The molecule has 1 unspecified atom stereocenters. The summed E-state index contributed by atoms with van der Waals surface area (Å²) in [5.41, 5.74) is 1.36. The fraction of sp³-hybridized carbons (Fsp3) is 0.250. The van der Waals surface area contributed by atoms with E-state index in [0.717, 1.165) is 6.42 Å². The SMILES string of the molecule is CCC(CNC(=O)c1nc(Cl)ccc1Cl)c1ccccc1. The molecule has 0 fully saturated rings. The second-order valence-electron chi connectivity index (χ2n) is 4.69. The van der Waals surface area contributed by atoms with E-state index < -0.39 is 0 Å². The van der Waals surface area contributed by atoms with Gasteiger partial charge in [-0.2, -0.15) is 0 Å². The number of benzene rings is 1. The molecule has 2 rings (SSSR count). The van der Waals surface area contributed by atoms with Crippen LogP contribution in [0.15, 0.2) is 42.5 Å². The summed E-state index contributed by atoms with van der Waals surface area (Å²) < 4.78 is 0. The third kappa shape index (κ3) is 4.19. The lowest BCUT2D eigenvalue weighted by atomic mass is 9.96. The Kier molecular flexibility index (Phi) is 5.59. The van der Waals surface area contributed by atoms with E-state index in [9.17, 15) is 4.79 Å². The number of halogens is 2. The van der Waals surface area contributed by atoms with Crippen LogP contribution in [0.5, 0.6) is 0 Å². The Hall–Kier alpha value is -1.58. The first-order valence-electron chi connectivity index (χ1n) is 6.77. The van der Waals surface area contributed by atoms with Crippen molar-refractivity contribution < 1.29 is 4.79 Å². The van der Waals surface area contributed by atoms with Crippen molar-refractivity contribution in [2.75, 3.05) is 6.54 Å². The van der Waals surface area contributed by atoms with Gasteiger partial charge in [-0.05, 0) is 24.1 Å². The van der Waals surface area contributed by atoms with Crippen molar-refractivity contribution in [3.8, 4) is 0 Å². The molecule has 0 aliphatic heterocycles. The second-order valence-corrected chi connectivity index (χ2v) is 5.48. The van der Waals surface area contributed by atoms with Crippen LogP contribution in [0.1, 0.15) is 35.3 Å². The molecule has 0 saturated heterocycles. The molecule has 2 aromatic rings. The van der Waals surface area contributed by atoms with Crippen LogP contribution in [0, 0.1) is 0 Å². The summed E-state index contributed by atoms with van der Waals surface area (Å²) in [4.78, 5) is 16.1. The molecular formula is C16H16Cl2N2O. The molecule has 5 heteroatoms. The summed E-state index contributed by atoms with van der Waals surface area (Å²) in [5, 5.41) is 3.42. The fourth-order valence-corrected chi connectivity index (χ4v) is 2.44. The first-order valence-corrected chi connectivity index (χ1v) is 7.52. The lowest BCUT2D eigenvalue weighted by Gasteiger charge is -2.16. The lowest BCUT2D eigenvalue weighted by Crippen LogP contribution is -2.29. The van der Waals surface area contributed by atoms with Crippen molar-refractivity contribution in [3.05, 3.63) is 63.9 Å². The summed E-state index contributed by atoms with van der Waals surface area (Å²) >= 11 is 11.8. The molecule has 110 valence electrons. The van der Waals surface area contributed by atoms with Gasteiger partial charge in [-0.3, -0.25) is 4.79 Å². The van der Waals surface area contributed by atoms with E-state index in [1.807, 2.05) is 18.2 Å². The predicted octanol–water partition coefficient (Wildman–Crippen LogP) is 4.31. The number of hydrogen-bond donors (Lipinski definition) is 1. The standard InChI is InChI=1S/C16H16Cl2N2O/c1-2-11(12-6-4-3-5-7-12)10-19-16(21)15-13(17)8-9-14(18)20-15/h3-9,11H,2,10H2,1H3,(H,19,21). The Balaban J connectivity index is 2.04. The number of carbonyl (C=O) groups is 1. The molecule has 1 aromatic carbocycles. The molecule has 1 heterocycles. The summed E-state index contributed by atoms with van der Waals surface area (Å²) in [5.74, 6) is -0.0509. The molecule has 1 aromatic heterocycles. The van der Waals surface area contributed by atoms with Gasteiger partial charge in [0.1, 0.15) is 10.8 Å². The van der Waals surface area contributed by atoms with Crippen LogP contribution in [0.25, 0.3) is 0 Å². The first kappa shape index (κ1) is 15.8. The molecule has 1 atom stereocenters. The largest absolute Gasteiger partial charge is 0.350 e. The van der Waals surface area contributed by atoms with Gasteiger partial charge in [-0.25, -0.2) is 4.98 Å².